The Morgan fingerprint density at radius 1 is 1.21 bits per heavy atom. The first kappa shape index (κ1) is 13.9. The number of aromatic nitrogens is 1. The topological polar surface area (TPSA) is 50.9 Å². The van der Waals surface area contributed by atoms with Gasteiger partial charge in [0.15, 0.2) is 0 Å². The highest BCUT2D eigenvalue weighted by Gasteiger charge is 2.14. The number of rotatable bonds is 4. The number of nitrogens with one attached hydrogen (secondary N) is 1. The van der Waals surface area contributed by atoms with Crippen LogP contribution < -0.4 is 11.3 Å². The normalized spacial score (nSPS) is 12.4. The van der Waals surface area contributed by atoms with Gasteiger partial charge in [-0.05, 0) is 36.2 Å². The van der Waals surface area contributed by atoms with Crippen LogP contribution in [0.15, 0.2) is 36.5 Å². The van der Waals surface area contributed by atoms with Gasteiger partial charge < -0.3 is 0 Å². The summed E-state index contributed by atoms with van der Waals surface area (Å²) in [5, 5.41) is 0.322. The summed E-state index contributed by atoms with van der Waals surface area (Å²) in [6, 6.07) is 6.67. The third-order valence-electron chi connectivity index (χ3n) is 2.75. The van der Waals surface area contributed by atoms with Gasteiger partial charge in [0.1, 0.15) is 11.6 Å². The summed E-state index contributed by atoms with van der Waals surface area (Å²) in [6.07, 6.45) is 1.54. The second kappa shape index (κ2) is 6.06. The van der Waals surface area contributed by atoms with Gasteiger partial charge >= 0.3 is 0 Å². The molecular formula is C13H12ClF2N3. The third-order valence-corrected chi connectivity index (χ3v) is 3.10. The van der Waals surface area contributed by atoms with Crippen LogP contribution in [0.25, 0.3) is 0 Å². The van der Waals surface area contributed by atoms with E-state index in [1.165, 1.54) is 24.3 Å². The number of hydrogen-bond donors (Lipinski definition) is 2. The van der Waals surface area contributed by atoms with Crippen LogP contribution in [0.3, 0.4) is 0 Å². The maximum absolute atomic E-state index is 13.0. The molecule has 0 spiro atoms. The van der Waals surface area contributed by atoms with Crippen molar-refractivity contribution in [2.24, 2.45) is 5.84 Å². The zero-order valence-corrected chi connectivity index (χ0v) is 10.7. The molecule has 1 aromatic carbocycles. The van der Waals surface area contributed by atoms with E-state index in [4.69, 9.17) is 17.4 Å². The van der Waals surface area contributed by atoms with E-state index in [0.717, 1.165) is 11.8 Å². The lowest BCUT2D eigenvalue weighted by Crippen LogP contribution is -2.30. The standard InChI is InChI=1S/C13H12ClF2N3/c14-11-6-9(15)2-1-8(11)5-13(19-17)12-4-3-10(16)7-18-12/h1-4,6-7,13,19H,5,17H2. The van der Waals surface area contributed by atoms with Crippen molar-refractivity contribution < 1.29 is 8.78 Å². The number of halogens is 3. The molecule has 3 nitrogen and oxygen atoms in total. The maximum Gasteiger partial charge on any atom is 0.141 e. The number of nitrogens with zero attached hydrogens (tertiary/aromatic N) is 1. The fourth-order valence-corrected chi connectivity index (χ4v) is 1.99. The van der Waals surface area contributed by atoms with Gasteiger partial charge in [0.2, 0.25) is 0 Å². The van der Waals surface area contributed by atoms with Gasteiger partial charge in [-0.1, -0.05) is 17.7 Å². The Morgan fingerprint density at radius 3 is 2.53 bits per heavy atom. The minimum atomic E-state index is -0.417. The van der Waals surface area contributed by atoms with E-state index < -0.39 is 11.6 Å². The highest BCUT2D eigenvalue weighted by atomic mass is 35.5. The monoisotopic (exact) mass is 283 g/mol. The number of nitrogens with two attached hydrogens (primary N) is 1. The molecule has 2 rings (SSSR count). The van der Waals surface area contributed by atoms with Crippen LogP contribution in [0, 0.1) is 11.6 Å². The second-order valence-electron chi connectivity index (χ2n) is 4.06. The van der Waals surface area contributed by atoms with Crippen molar-refractivity contribution in [3.63, 3.8) is 0 Å². The van der Waals surface area contributed by atoms with Crippen LogP contribution in [0.2, 0.25) is 5.02 Å². The summed E-state index contributed by atoms with van der Waals surface area (Å²) in [5.41, 5.74) is 3.91. The highest BCUT2D eigenvalue weighted by molar-refractivity contribution is 6.31. The smallest absolute Gasteiger partial charge is 0.141 e. The summed E-state index contributed by atoms with van der Waals surface area (Å²) in [7, 11) is 0. The van der Waals surface area contributed by atoms with Gasteiger partial charge in [0, 0.05) is 5.02 Å². The molecule has 1 atom stereocenters. The Morgan fingerprint density at radius 2 is 1.95 bits per heavy atom. The van der Waals surface area contributed by atoms with E-state index in [0.29, 0.717) is 17.1 Å². The minimum Gasteiger partial charge on any atom is -0.271 e. The van der Waals surface area contributed by atoms with Crippen molar-refractivity contribution in [2.75, 3.05) is 0 Å². The van der Waals surface area contributed by atoms with Gasteiger partial charge in [0.05, 0.1) is 17.9 Å². The molecule has 2 aromatic rings. The SMILES string of the molecule is NNC(Cc1ccc(F)cc1Cl)c1ccc(F)cn1. The highest BCUT2D eigenvalue weighted by Crippen LogP contribution is 2.23. The second-order valence-corrected chi connectivity index (χ2v) is 4.47. The number of pyridine rings is 1. The van der Waals surface area contributed by atoms with E-state index in [1.54, 1.807) is 6.07 Å². The molecule has 0 saturated carbocycles. The average Bonchev–Trinajstić information content (AvgIpc) is 2.39. The van der Waals surface area contributed by atoms with Crippen molar-refractivity contribution >= 4 is 11.6 Å². The zero-order valence-electron chi connectivity index (χ0n) is 9.91. The lowest BCUT2D eigenvalue weighted by atomic mass is 10.0. The molecule has 0 aliphatic carbocycles. The van der Waals surface area contributed by atoms with Crippen molar-refractivity contribution in [3.05, 3.63) is 64.4 Å². The molecule has 1 heterocycles. The molecule has 0 radical (unpaired) electrons. The van der Waals surface area contributed by atoms with E-state index in [9.17, 15) is 8.78 Å². The molecule has 1 aromatic heterocycles. The molecule has 0 saturated heterocycles. The van der Waals surface area contributed by atoms with Gasteiger partial charge in [-0.15, -0.1) is 0 Å². The third kappa shape index (κ3) is 3.47. The molecule has 6 heteroatoms. The van der Waals surface area contributed by atoms with Gasteiger partial charge in [-0.2, -0.15) is 0 Å². The zero-order chi connectivity index (χ0) is 13.8. The lowest BCUT2D eigenvalue weighted by Gasteiger charge is -2.16. The maximum atomic E-state index is 13.0. The predicted molar refractivity (Wildman–Crippen MR) is 69.4 cm³/mol. The number of hydrazine groups is 1. The molecule has 0 fully saturated rings. The molecule has 19 heavy (non-hydrogen) atoms. The molecular weight excluding hydrogens is 272 g/mol. The van der Waals surface area contributed by atoms with Crippen LogP contribution in [-0.2, 0) is 6.42 Å². The lowest BCUT2D eigenvalue weighted by molar-refractivity contribution is 0.532. The van der Waals surface area contributed by atoms with E-state index in [2.05, 4.69) is 10.4 Å². The Labute approximate surface area is 114 Å². The van der Waals surface area contributed by atoms with Crippen LogP contribution in [0.4, 0.5) is 8.78 Å². The summed E-state index contributed by atoms with van der Waals surface area (Å²) in [5.74, 6) is 4.66. The Hall–Kier alpha value is -1.56. The molecule has 3 N–H and O–H groups in total. The van der Waals surface area contributed by atoms with Crippen LogP contribution in [0.1, 0.15) is 17.3 Å². The average molecular weight is 284 g/mol. The number of hydrogen-bond acceptors (Lipinski definition) is 3. The van der Waals surface area contributed by atoms with Crippen molar-refractivity contribution in [1.29, 1.82) is 0 Å². The Bertz CT molecular complexity index is 560. The quantitative estimate of drug-likeness (QED) is 0.670. The van der Waals surface area contributed by atoms with E-state index >= 15 is 0 Å². The fraction of sp³-hybridized carbons (Fsp3) is 0.154. The molecule has 0 aliphatic heterocycles. The Kier molecular flexibility index (Phi) is 4.42. The first-order valence-electron chi connectivity index (χ1n) is 5.61. The van der Waals surface area contributed by atoms with Crippen LogP contribution in [-0.4, -0.2) is 4.98 Å². The van der Waals surface area contributed by atoms with Crippen molar-refractivity contribution in [1.82, 2.24) is 10.4 Å². The van der Waals surface area contributed by atoms with Crippen LogP contribution in [0.5, 0.6) is 0 Å². The largest absolute Gasteiger partial charge is 0.271 e. The van der Waals surface area contributed by atoms with Gasteiger partial charge in [0.25, 0.3) is 0 Å². The van der Waals surface area contributed by atoms with Crippen LogP contribution >= 0.6 is 11.6 Å². The van der Waals surface area contributed by atoms with Crippen molar-refractivity contribution in [2.45, 2.75) is 12.5 Å². The van der Waals surface area contributed by atoms with Crippen molar-refractivity contribution in [3.8, 4) is 0 Å². The first-order chi connectivity index (χ1) is 9.10. The summed E-state index contributed by atoms with van der Waals surface area (Å²) >= 11 is 5.95. The van der Waals surface area contributed by atoms with Gasteiger partial charge in [-0.3, -0.25) is 16.3 Å². The molecule has 1 unspecified atom stereocenters. The van der Waals surface area contributed by atoms with Gasteiger partial charge in [-0.25, -0.2) is 8.78 Å². The van der Waals surface area contributed by atoms with E-state index in [1.807, 2.05) is 0 Å². The fourth-order valence-electron chi connectivity index (χ4n) is 1.75. The Balaban J connectivity index is 2.21. The summed E-state index contributed by atoms with van der Waals surface area (Å²) < 4.78 is 25.8. The minimum absolute atomic E-state index is 0.322. The van der Waals surface area contributed by atoms with E-state index in [-0.39, 0.29) is 6.04 Å². The molecule has 0 amide bonds. The molecule has 0 aliphatic rings. The molecule has 0 bridgehead atoms. The summed E-state index contributed by atoms with van der Waals surface area (Å²) in [4.78, 5) is 3.96. The summed E-state index contributed by atoms with van der Waals surface area (Å²) in [6.45, 7) is 0. The predicted octanol–water partition coefficient (Wildman–Crippen LogP) is 2.76. The number of benzene rings is 1. The molecule has 100 valence electrons. The first-order valence-corrected chi connectivity index (χ1v) is 5.99.